The van der Waals surface area contributed by atoms with Crippen molar-refractivity contribution in [2.24, 2.45) is 0 Å². The molecular formula is C31H28N2O8S. The van der Waals surface area contributed by atoms with Crippen LogP contribution in [0.4, 0.5) is 5.69 Å². The normalized spacial score (nSPS) is 12.8. The number of carbonyl (C=O) groups is 3. The highest BCUT2D eigenvalue weighted by Crippen LogP contribution is 2.46. The summed E-state index contributed by atoms with van der Waals surface area (Å²) in [6.07, 6.45) is -0.250. The number of benzene rings is 4. The number of sulfonamides is 1. The van der Waals surface area contributed by atoms with E-state index in [1.807, 2.05) is 24.3 Å². The molecule has 1 N–H and O–H groups in total. The maximum atomic E-state index is 13.7. The molecule has 1 aliphatic rings. The molecule has 0 saturated carbocycles. The van der Waals surface area contributed by atoms with E-state index in [9.17, 15) is 22.8 Å². The summed E-state index contributed by atoms with van der Waals surface area (Å²) < 4.78 is 44.2. The Morgan fingerprint density at radius 1 is 0.810 bits per heavy atom. The molecule has 5 rings (SSSR count). The maximum absolute atomic E-state index is 13.7. The summed E-state index contributed by atoms with van der Waals surface area (Å²) in [6, 6.07) is 19.2. The Labute approximate surface area is 242 Å². The minimum atomic E-state index is -4.11. The highest BCUT2D eigenvalue weighted by molar-refractivity contribution is 7.90. The third kappa shape index (κ3) is 5.14. The summed E-state index contributed by atoms with van der Waals surface area (Å²) in [5.74, 6) is -0.888. The number of imide groups is 1. The molecule has 0 aromatic heterocycles. The predicted molar refractivity (Wildman–Crippen MR) is 156 cm³/mol. The first kappa shape index (κ1) is 28.6. The molecule has 0 saturated heterocycles. The molecule has 0 unspecified atom stereocenters. The van der Waals surface area contributed by atoms with Crippen LogP contribution in [0.3, 0.4) is 0 Å². The van der Waals surface area contributed by atoms with Gasteiger partial charge >= 0.3 is 0 Å². The lowest BCUT2D eigenvalue weighted by atomic mass is 9.99. The molecule has 0 atom stereocenters. The third-order valence-corrected chi connectivity index (χ3v) is 8.06. The van der Waals surface area contributed by atoms with Crippen LogP contribution in [0.5, 0.6) is 17.2 Å². The Kier molecular flexibility index (Phi) is 7.86. The second-order valence-electron chi connectivity index (χ2n) is 9.32. The standard InChI is InChI=1S/C31H28N2O8S/c1-4-40-28-23-11-6-7-12-24(23)29(41-5-2)27-26(28)30(35)33(31(27)36)20-15-13-19(14-16-20)17-25(34)32-42(37,38)22-10-8-9-21(18-22)39-3/h6-16,18H,4-5,17H2,1-3H3,(H,32,34). The van der Waals surface area contributed by atoms with E-state index in [0.717, 1.165) is 4.90 Å². The molecule has 0 aliphatic carbocycles. The lowest BCUT2D eigenvalue weighted by molar-refractivity contribution is -0.118. The summed E-state index contributed by atoms with van der Waals surface area (Å²) in [6.45, 7) is 4.17. The predicted octanol–water partition coefficient (Wildman–Crippen LogP) is 4.49. The minimum Gasteiger partial charge on any atom is -0.497 e. The molecule has 0 radical (unpaired) electrons. The van der Waals surface area contributed by atoms with E-state index in [4.69, 9.17) is 14.2 Å². The molecule has 1 aliphatic heterocycles. The summed E-state index contributed by atoms with van der Waals surface area (Å²) in [5.41, 5.74) is 1.03. The molecule has 10 nitrogen and oxygen atoms in total. The van der Waals surface area contributed by atoms with Crippen LogP contribution in [0.25, 0.3) is 10.8 Å². The Bertz CT molecular complexity index is 1750. The number of amides is 3. The van der Waals surface area contributed by atoms with Crippen LogP contribution in [0.2, 0.25) is 0 Å². The molecule has 0 spiro atoms. The molecule has 42 heavy (non-hydrogen) atoms. The van der Waals surface area contributed by atoms with Crippen LogP contribution >= 0.6 is 0 Å². The zero-order valence-corrected chi connectivity index (χ0v) is 24.0. The van der Waals surface area contributed by atoms with Crippen molar-refractivity contribution in [2.45, 2.75) is 25.2 Å². The van der Waals surface area contributed by atoms with Crippen molar-refractivity contribution in [3.05, 3.63) is 89.5 Å². The van der Waals surface area contributed by atoms with Gasteiger partial charge in [0.15, 0.2) is 0 Å². The van der Waals surface area contributed by atoms with Gasteiger partial charge in [-0.05, 0) is 43.7 Å². The fraction of sp³-hybridized carbons (Fsp3) is 0.194. The molecule has 0 fully saturated rings. The lowest BCUT2D eigenvalue weighted by Gasteiger charge is -2.15. The van der Waals surface area contributed by atoms with Gasteiger partial charge in [-0.1, -0.05) is 42.5 Å². The smallest absolute Gasteiger partial charge is 0.270 e. The quantitative estimate of drug-likeness (QED) is 0.268. The van der Waals surface area contributed by atoms with Crippen LogP contribution in [0.1, 0.15) is 40.1 Å². The van der Waals surface area contributed by atoms with E-state index in [-0.39, 0.29) is 41.3 Å². The van der Waals surface area contributed by atoms with Crippen LogP contribution in [-0.2, 0) is 21.2 Å². The average Bonchev–Trinajstić information content (AvgIpc) is 3.24. The van der Waals surface area contributed by atoms with E-state index in [0.29, 0.717) is 33.6 Å². The largest absolute Gasteiger partial charge is 0.497 e. The highest BCUT2D eigenvalue weighted by Gasteiger charge is 2.43. The molecule has 1 heterocycles. The van der Waals surface area contributed by atoms with Crippen molar-refractivity contribution < 1.29 is 37.0 Å². The zero-order valence-electron chi connectivity index (χ0n) is 23.2. The highest BCUT2D eigenvalue weighted by atomic mass is 32.2. The van der Waals surface area contributed by atoms with Crippen molar-refractivity contribution in [3.63, 3.8) is 0 Å². The summed E-state index contributed by atoms with van der Waals surface area (Å²) in [7, 11) is -2.70. The molecule has 11 heteroatoms. The van der Waals surface area contributed by atoms with E-state index in [1.165, 1.54) is 37.4 Å². The van der Waals surface area contributed by atoms with Gasteiger partial charge in [0.2, 0.25) is 5.91 Å². The number of fused-ring (bicyclic) bond motifs is 2. The van der Waals surface area contributed by atoms with Gasteiger partial charge < -0.3 is 14.2 Å². The van der Waals surface area contributed by atoms with Gasteiger partial charge in [-0.2, -0.15) is 0 Å². The summed E-state index contributed by atoms with van der Waals surface area (Å²) in [5, 5.41) is 1.32. The first-order valence-electron chi connectivity index (χ1n) is 13.2. The van der Waals surface area contributed by atoms with Crippen molar-refractivity contribution in [1.82, 2.24) is 4.72 Å². The van der Waals surface area contributed by atoms with E-state index in [1.54, 1.807) is 32.0 Å². The Morgan fingerprint density at radius 3 is 1.90 bits per heavy atom. The summed E-state index contributed by atoms with van der Waals surface area (Å²) in [4.78, 5) is 41.0. The van der Waals surface area contributed by atoms with Gasteiger partial charge in [-0.15, -0.1) is 0 Å². The number of carbonyl (C=O) groups excluding carboxylic acids is 3. The van der Waals surface area contributed by atoms with Gasteiger partial charge in [-0.25, -0.2) is 18.0 Å². The van der Waals surface area contributed by atoms with Crippen molar-refractivity contribution in [2.75, 3.05) is 25.2 Å². The molecule has 0 bridgehead atoms. The fourth-order valence-corrected chi connectivity index (χ4v) is 5.90. The Morgan fingerprint density at radius 2 is 1.38 bits per heavy atom. The van der Waals surface area contributed by atoms with Gasteiger partial charge in [0.05, 0.1) is 48.5 Å². The number of hydrogen-bond donors (Lipinski definition) is 1. The van der Waals surface area contributed by atoms with E-state index in [2.05, 4.69) is 4.72 Å². The van der Waals surface area contributed by atoms with E-state index >= 15 is 0 Å². The van der Waals surface area contributed by atoms with E-state index < -0.39 is 27.7 Å². The van der Waals surface area contributed by atoms with Crippen molar-refractivity contribution >= 4 is 44.2 Å². The number of rotatable bonds is 10. The van der Waals surface area contributed by atoms with Crippen LogP contribution in [0, 0.1) is 0 Å². The fourth-order valence-electron chi connectivity index (χ4n) is 4.88. The van der Waals surface area contributed by atoms with Gasteiger partial charge in [0.25, 0.3) is 21.8 Å². The van der Waals surface area contributed by atoms with Gasteiger partial charge in [0, 0.05) is 16.8 Å². The van der Waals surface area contributed by atoms with Crippen molar-refractivity contribution in [3.8, 4) is 17.2 Å². The number of methoxy groups -OCH3 is 1. The lowest BCUT2D eigenvalue weighted by Crippen LogP contribution is -2.32. The number of hydrogen-bond acceptors (Lipinski definition) is 8. The van der Waals surface area contributed by atoms with Gasteiger partial charge in [-0.3, -0.25) is 14.4 Å². The topological polar surface area (TPSA) is 128 Å². The number of nitrogens with zero attached hydrogens (tertiary/aromatic N) is 1. The Hall–Kier alpha value is -4.90. The molecule has 4 aromatic rings. The molecule has 4 aromatic carbocycles. The SMILES string of the molecule is CCOc1c2c(c(OCC)c3ccccc13)C(=O)N(c1ccc(CC(=O)NS(=O)(=O)c3cccc(OC)c3)cc1)C2=O. The minimum absolute atomic E-state index is 0.110. The first-order valence-corrected chi connectivity index (χ1v) is 14.7. The first-order chi connectivity index (χ1) is 20.2. The number of ether oxygens (including phenoxy) is 3. The molecular weight excluding hydrogens is 560 g/mol. The average molecular weight is 589 g/mol. The van der Waals surface area contributed by atoms with Crippen LogP contribution in [-0.4, -0.2) is 46.5 Å². The second kappa shape index (κ2) is 11.5. The molecule has 216 valence electrons. The van der Waals surface area contributed by atoms with Crippen molar-refractivity contribution in [1.29, 1.82) is 0 Å². The maximum Gasteiger partial charge on any atom is 0.270 e. The molecule has 3 amide bonds. The summed E-state index contributed by atoms with van der Waals surface area (Å²) >= 11 is 0. The number of nitrogens with one attached hydrogen (secondary N) is 1. The van der Waals surface area contributed by atoms with Crippen LogP contribution in [0.15, 0.2) is 77.7 Å². The van der Waals surface area contributed by atoms with Crippen LogP contribution < -0.4 is 23.8 Å². The second-order valence-corrected chi connectivity index (χ2v) is 11.0. The number of anilines is 1. The Balaban J connectivity index is 1.41. The monoisotopic (exact) mass is 588 g/mol. The third-order valence-electron chi connectivity index (χ3n) is 6.69. The van der Waals surface area contributed by atoms with Gasteiger partial charge in [0.1, 0.15) is 17.2 Å². The zero-order chi connectivity index (χ0) is 30.0.